The highest BCUT2D eigenvalue weighted by Crippen LogP contribution is 2.20. The molecule has 0 saturated heterocycles. The molecule has 0 spiro atoms. The highest BCUT2D eigenvalue weighted by atomic mass is 16.5. The van der Waals surface area contributed by atoms with E-state index in [1.807, 2.05) is 19.2 Å². The molecule has 1 aliphatic carbocycles. The number of nitrogens with zero attached hydrogens (tertiary/aromatic N) is 1. The molecule has 1 N–H and O–H groups in total. The number of anilines is 1. The number of rotatable bonds is 5. The molecule has 0 aromatic carbocycles. The van der Waals surface area contributed by atoms with Gasteiger partial charge in [-0.15, -0.1) is 0 Å². The quantitative estimate of drug-likeness (QED) is 0.775. The predicted molar refractivity (Wildman–Crippen MR) is 65.7 cm³/mol. The monoisotopic (exact) mass is 220 g/mol. The van der Waals surface area contributed by atoms with E-state index in [1.54, 1.807) is 0 Å². The SMILES string of the molecule is Cc1ccc(NCCOC2CCCC2)nc1. The Morgan fingerprint density at radius 1 is 1.38 bits per heavy atom. The Bertz CT molecular complexity index is 304. The Morgan fingerprint density at radius 3 is 2.88 bits per heavy atom. The van der Waals surface area contributed by atoms with Gasteiger partial charge in [-0.1, -0.05) is 18.9 Å². The lowest BCUT2D eigenvalue weighted by atomic mass is 10.3. The van der Waals surface area contributed by atoms with Crippen molar-refractivity contribution in [2.75, 3.05) is 18.5 Å². The van der Waals surface area contributed by atoms with Crippen LogP contribution in [-0.4, -0.2) is 24.2 Å². The second kappa shape index (κ2) is 5.85. The van der Waals surface area contributed by atoms with E-state index in [0.717, 1.165) is 19.0 Å². The number of ether oxygens (including phenoxy) is 1. The maximum Gasteiger partial charge on any atom is 0.125 e. The van der Waals surface area contributed by atoms with Gasteiger partial charge < -0.3 is 10.1 Å². The third-order valence-electron chi connectivity index (χ3n) is 2.98. The van der Waals surface area contributed by atoms with Crippen molar-refractivity contribution < 1.29 is 4.74 Å². The van der Waals surface area contributed by atoms with Crippen molar-refractivity contribution in [3.63, 3.8) is 0 Å². The summed E-state index contributed by atoms with van der Waals surface area (Å²) in [6.07, 6.45) is 7.52. The van der Waals surface area contributed by atoms with E-state index < -0.39 is 0 Å². The fourth-order valence-electron chi connectivity index (χ4n) is 2.03. The Labute approximate surface area is 97.2 Å². The fraction of sp³-hybridized carbons (Fsp3) is 0.615. The van der Waals surface area contributed by atoms with Crippen LogP contribution in [0.4, 0.5) is 5.82 Å². The van der Waals surface area contributed by atoms with E-state index in [4.69, 9.17) is 4.74 Å². The molecule has 1 aliphatic rings. The van der Waals surface area contributed by atoms with Crippen LogP contribution in [0.3, 0.4) is 0 Å². The first kappa shape index (κ1) is 11.4. The van der Waals surface area contributed by atoms with Crippen LogP contribution in [0.25, 0.3) is 0 Å². The fourth-order valence-corrected chi connectivity index (χ4v) is 2.03. The summed E-state index contributed by atoms with van der Waals surface area (Å²) in [5.74, 6) is 0.931. The summed E-state index contributed by atoms with van der Waals surface area (Å²) in [7, 11) is 0. The molecule has 1 fully saturated rings. The van der Waals surface area contributed by atoms with Crippen molar-refractivity contribution in [2.45, 2.75) is 38.7 Å². The van der Waals surface area contributed by atoms with Gasteiger partial charge in [-0.2, -0.15) is 0 Å². The third-order valence-corrected chi connectivity index (χ3v) is 2.98. The first-order valence-electron chi connectivity index (χ1n) is 6.13. The van der Waals surface area contributed by atoms with Crippen LogP contribution in [0.1, 0.15) is 31.2 Å². The van der Waals surface area contributed by atoms with Gasteiger partial charge in [-0.05, 0) is 31.4 Å². The molecule has 3 heteroatoms. The maximum atomic E-state index is 5.76. The van der Waals surface area contributed by atoms with Gasteiger partial charge in [0.05, 0.1) is 12.7 Å². The van der Waals surface area contributed by atoms with Gasteiger partial charge in [0.1, 0.15) is 5.82 Å². The lowest BCUT2D eigenvalue weighted by molar-refractivity contribution is 0.0658. The highest BCUT2D eigenvalue weighted by Gasteiger charge is 2.14. The van der Waals surface area contributed by atoms with Gasteiger partial charge in [-0.25, -0.2) is 4.98 Å². The number of aromatic nitrogens is 1. The topological polar surface area (TPSA) is 34.1 Å². The second-order valence-corrected chi connectivity index (χ2v) is 4.42. The van der Waals surface area contributed by atoms with Crippen LogP contribution in [0, 0.1) is 6.92 Å². The average molecular weight is 220 g/mol. The molecule has 0 radical (unpaired) electrons. The lowest BCUT2D eigenvalue weighted by Gasteiger charge is -2.11. The molecule has 0 unspecified atom stereocenters. The number of hydrogen-bond donors (Lipinski definition) is 1. The third kappa shape index (κ3) is 3.49. The molecular formula is C13H20N2O. The standard InChI is InChI=1S/C13H20N2O/c1-11-6-7-13(15-10-11)14-8-9-16-12-4-2-3-5-12/h6-7,10,12H,2-5,8-9H2,1H3,(H,14,15). The molecule has 1 aromatic heterocycles. The molecule has 1 saturated carbocycles. The zero-order valence-electron chi connectivity index (χ0n) is 9.91. The summed E-state index contributed by atoms with van der Waals surface area (Å²) in [5.41, 5.74) is 1.19. The molecule has 16 heavy (non-hydrogen) atoms. The molecule has 2 rings (SSSR count). The number of aryl methyl sites for hydroxylation is 1. The zero-order valence-corrected chi connectivity index (χ0v) is 9.91. The summed E-state index contributed by atoms with van der Waals surface area (Å²) >= 11 is 0. The molecular weight excluding hydrogens is 200 g/mol. The van der Waals surface area contributed by atoms with Gasteiger partial charge in [0.2, 0.25) is 0 Å². The molecule has 0 amide bonds. The highest BCUT2D eigenvalue weighted by molar-refractivity contribution is 5.34. The Hall–Kier alpha value is -1.09. The Morgan fingerprint density at radius 2 is 2.19 bits per heavy atom. The van der Waals surface area contributed by atoms with E-state index in [2.05, 4.69) is 16.4 Å². The molecule has 0 atom stereocenters. The minimum atomic E-state index is 0.507. The van der Waals surface area contributed by atoms with Crippen molar-refractivity contribution >= 4 is 5.82 Å². The number of pyridine rings is 1. The molecule has 0 bridgehead atoms. The smallest absolute Gasteiger partial charge is 0.125 e. The van der Waals surface area contributed by atoms with E-state index in [9.17, 15) is 0 Å². The Balaban J connectivity index is 1.62. The van der Waals surface area contributed by atoms with E-state index in [0.29, 0.717) is 6.10 Å². The van der Waals surface area contributed by atoms with Crippen molar-refractivity contribution in [3.05, 3.63) is 23.9 Å². The van der Waals surface area contributed by atoms with E-state index in [1.165, 1.54) is 31.2 Å². The molecule has 3 nitrogen and oxygen atoms in total. The molecule has 1 heterocycles. The summed E-state index contributed by atoms with van der Waals surface area (Å²) in [4.78, 5) is 4.28. The minimum absolute atomic E-state index is 0.507. The van der Waals surface area contributed by atoms with Crippen LogP contribution in [-0.2, 0) is 4.74 Å². The molecule has 0 aliphatic heterocycles. The number of nitrogens with one attached hydrogen (secondary N) is 1. The van der Waals surface area contributed by atoms with Crippen LogP contribution in [0.15, 0.2) is 18.3 Å². The summed E-state index contributed by atoms with van der Waals surface area (Å²) in [6, 6.07) is 4.07. The second-order valence-electron chi connectivity index (χ2n) is 4.42. The first-order valence-corrected chi connectivity index (χ1v) is 6.13. The summed E-state index contributed by atoms with van der Waals surface area (Å²) in [5, 5.41) is 3.26. The van der Waals surface area contributed by atoms with Crippen LogP contribution >= 0.6 is 0 Å². The summed E-state index contributed by atoms with van der Waals surface area (Å²) in [6.45, 7) is 3.66. The van der Waals surface area contributed by atoms with E-state index >= 15 is 0 Å². The molecule has 88 valence electrons. The van der Waals surface area contributed by atoms with Crippen molar-refractivity contribution in [3.8, 4) is 0 Å². The van der Waals surface area contributed by atoms with Crippen molar-refractivity contribution in [1.82, 2.24) is 4.98 Å². The van der Waals surface area contributed by atoms with Crippen LogP contribution in [0.5, 0.6) is 0 Å². The van der Waals surface area contributed by atoms with Gasteiger partial charge in [0.25, 0.3) is 0 Å². The van der Waals surface area contributed by atoms with Crippen LogP contribution in [0.2, 0.25) is 0 Å². The normalized spacial score (nSPS) is 16.6. The molecule has 1 aromatic rings. The van der Waals surface area contributed by atoms with Crippen molar-refractivity contribution in [2.24, 2.45) is 0 Å². The van der Waals surface area contributed by atoms with Gasteiger partial charge in [-0.3, -0.25) is 0 Å². The zero-order chi connectivity index (χ0) is 11.2. The van der Waals surface area contributed by atoms with Crippen molar-refractivity contribution in [1.29, 1.82) is 0 Å². The van der Waals surface area contributed by atoms with E-state index in [-0.39, 0.29) is 0 Å². The van der Waals surface area contributed by atoms with Gasteiger partial charge in [0.15, 0.2) is 0 Å². The van der Waals surface area contributed by atoms with Gasteiger partial charge >= 0.3 is 0 Å². The first-order chi connectivity index (χ1) is 7.84. The largest absolute Gasteiger partial charge is 0.376 e. The number of hydrogen-bond acceptors (Lipinski definition) is 3. The minimum Gasteiger partial charge on any atom is -0.376 e. The van der Waals surface area contributed by atoms with Crippen LogP contribution < -0.4 is 5.32 Å². The Kier molecular flexibility index (Phi) is 4.17. The maximum absolute atomic E-state index is 5.76. The lowest BCUT2D eigenvalue weighted by Crippen LogP contribution is -2.15. The summed E-state index contributed by atoms with van der Waals surface area (Å²) < 4.78 is 5.76. The van der Waals surface area contributed by atoms with Gasteiger partial charge in [0, 0.05) is 12.7 Å². The predicted octanol–water partition coefficient (Wildman–Crippen LogP) is 2.76. The average Bonchev–Trinajstić information content (AvgIpc) is 2.80.